The predicted octanol–water partition coefficient (Wildman–Crippen LogP) is 5.28. The molecule has 2 aromatic heterocycles. The number of esters is 1. The number of aromatic nitrogens is 2. The van der Waals surface area contributed by atoms with Crippen molar-refractivity contribution in [3.05, 3.63) is 93.0 Å². The number of ether oxygens (including phenoxy) is 3. The van der Waals surface area contributed by atoms with Crippen molar-refractivity contribution < 1.29 is 19.0 Å². The van der Waals surface area contributed by atoms with Crippen LogP contribution in [0.5, 0.6) is 17.4 Å². The normalized spacial score (nSPS) is 14.5. The van der Waals surface area contributed by atoms with Crippen LogP contribution >= 0.6 is 11.3 Å². The Balaban J connectivity index is 1.60. The second-order valence-electron chi connectivity index (χ2n) is 8.11. The fourth-order valence-electron chi connectivity index (χ4n) is 4.12. The highest BCUT2D eigenvalue weighted by atomic mass is 32.1. The van der Waals surface area contributed by atoms with Crippen molar-refractivity contribution in [3.8, 4) is 34.7 Å². The minimum Gasteiger partial charge on any atom is -0.490 e. The van der Waals surface area contributed by atoms with Gasteiger partial charge in [0.25, 0.3) is 0 Å². The molecule has 4 aromatic rings. The second-order valence-corrected chi connectivity index (χ2v) is 9.06. The molecule has 0 radical (unpaired) electrons. The van der Waals surface area contributed by atoms with Crippen LogP contribution in [0.2, 0.25) is 0 Å². The smallest absolute Gasteiger partial charge is 0.353 e. The van der Waals surface area contributed by atoms with E-state index in [9.17, 15) is 10.1 Å². The van der Waals surface area contributed by atoms with Crippen molar-refractivity contribution in [1.82, 2.24) is 10.2 Å². The molecule has 0 spiro atoms. The molecule has 5 rings (SSSR count). The fourth-order valence-corrected chi connectivity index (χ4v) is 4.72. The zero-order valence-electron chi connectivity index (χ0n) is 19.6. The number of carbonyl (C=O) groups excluding carboxylic acids is 1. The summed E-state index contributed by atoms with van der Waals surface area (Å²) < 4.78 is 17.1. The Morgan fingerprint density at radius 3 is 2.72 bits per heavy atom. The Labute approximate surface area is 211 Å². The van der Waals surface area contributed by atoms with Gasteiger partial charge in [0.05, 0.1) is 23.8 Å². The maximum atomic E-state index is 12.6. The minimum absolute atomic E-state index is 0.0110. The van der Waals surface area contributed by atoms with Crippen LogP contribution in [0.15, 0.2) is 71.4 Å². The summed E-state index contributed by atoms with van der Waals surface area (Å²) in [4.78, 5) is 13.0. The summed E-state index contributed by atoms with van der Waals surface area (Å²) in [5, 5.41) is 19.2. The van der Waals surface area contributed by atoms with Crippen molar-refractivity contribution in [3.63, 3.8) is 0 Å². The maximum Gasteiger partial charge on any atom is 0.353 e. The van der Waals surface area contributed by atoms with E-state index in [0.717, 1.165) is 16.8 Å². The molecule has 0 saturated heterocycles. The van der Waals surface area contributed by atoms with E-state index in [4.69, 9.17) is 19.9 Å². The Hall–Kier alpha value is -4.55. The van der Waals surface area contributed by atoms with Gasteiger partial charge in [-0.15, -0.1) is 16.4 Å². The van der Waals surface area contributed by atoms with E-state index in [0.29, 0.717) is 34.2 Å². The molecule has 0 unspecified atom stereocenters. The number of hydrogen-bond acceptors (Lipinski definition) is 8. The van der Waals surface area contributed by atoms with E-state index in [1.54, 1.807) is 30.3 Å². The van der Waals surface area contributed by atoms with Crippen molar-refractivity contribution in [2.24, 2.45) is 5.73 Å². The third-order valence-electron chi connectivity index (χ3n) is 5.81. The van der Waals surface area contributed by atoms with Gasteiger partial charge >= 0.3 is 5.97 Å². The van der Waals surface area contributed by atoms with E-state index in [1.807, 2.05) is 43.5 Å². The Morgan fingerprint density at radius 2 is 2.03 bits per heavy atom. The third kappa shape index (κ3) is 4.19. The third-order valence-corrected chi connectivity index (χ3v) is 6.65. The first-order valence-electron chi connectivity index (χ1n) is 11.3. The maximum absolute atomic E-state index is 12.6. The van der Waals surface area contributed by atoms with Gasteiger partial charge < -0.3 is 19.9 Å². The molecule has 9 heteroatoms. The fraction of sp³-hybridized carbons (Fsp3) is 0.148. The molecule has 0 amide bonds. The highest BCUT2D eigenvalue weighted by Gasteiger charge is 2.36. The van der Waals surface area contributed by atoms with Gasteiger partial charge in [-0.25, -0.2) is 4.79 Å². The van der Waals surface area contributed by atoms with Crippen molar-refractivity contribution >= 4 is 17.3 Å². The van der Waals surface area contributed by atoms with Gasteiger partial charge in [-0.2, -0.15) is 5.26 Å². The van der Waals surface area contributed by atoms with Gasteiger partial charge in [0.15, 0.2) is 11.5 Å². The molecule has 1 aliphatic heterocycles. The van der Waals surface area contributed by atoms with Crippen LogP contribution in [-0.2, 0) is 0 Å². The molecule has 0 aliphatic carbocycles. The van der Waals surface area contributed by atoms with Crippen LogP contribution in [0.25, 0.3) is 11.3 Å². The van der Waals surface area contributed by atoms with Gasteiger partial charge in [-0.1, -0.05) is 42.0 Å². The first-order chi connectivity index (χ1) is 17.5. The molecule has 3 heterocycles. The SMILES string of the molecule is CCOc1cc([C@@H]2C(C#N)=C(N)Oc3n[nH]c(-c4ccc(C)cc4)c32)ccc1OC(=O)c1cccs1. The predicted molar refractivity (Wildman–Crippen MR) is 135 cm³/mol. The Morgan fingerprint density at radius 1 is 1.22 bits per heavy atom. The largest absolute Gasteiger partial charge is 0.490 e. The number of hydrogen-bond donors (Lipinski definition) is 2. The number of benzene rings is 2. The van der Waals surface area contributed by atoms with Crippen LogP contribution in [-0.4, -0.2) is 22.8 Å². The first kappa shape index (κ1) is 23.2. The Bertz CT molecular complexity index is 1500. The summed E-state index contributed by atoms with van der Waals surface area (Å²) in [6.07, 6.45) is 0. The van der Waals surface area contributed by atoms with Gasteiger partial charge in [-0.3, -0.25) is 5.10 Å². The molecular formula is C27H22N4O4S. The van der Waals surface area contributed by atoms with Gasteiger partial charge in [0.2, 0.25) is 11.8 Å². The molecule has 1 aliphatic rings. The average molecular weight is 499 g/mol. The summed E-state index contributed by atoms with van der Waals surface area (Å²) in [6.45, 7) is 4.21. The van der Waals surface area contributed by atoms with E-state index in [-0.39, 0.29) is 17.2 Å². The monoisotopic (exact) mass is 498 g/mol. The van der Waals surface area contributed by atoms with Gasteiger partial charge in [-0.05, 0) is 43.0 Å². The summed E-state index contributed by atoms with van der Waals surface area (Å²) in [5.41, 5.74) is 10.5. The Kier molecular flexibility index (Phi) is 6.19. The lowest BCUT2D eigenvalue weighted by Gasteiger charge is -2.25. The number of allylic oxidation sites excluding steroid dienone is 1. The van der Waals surface area contributed by atoms with Gasteiger partial charge in [0.1, 0.15) is 16.5 Å². The number of nitriles is 1. The lowest BCUT2D eigenvalue weighted by atomic mass is 9.83. The number of nitrogens with one attached hydrogen (secondary N) is 1. The summed E-state index contributed by atoms with van der Waals surface area (Å²) >= 11 is 1.30. The number of nitrogens with two attached hydrogens (primary N) is 1. The topological polar surface area (TPSA) is 123 Å². The van der Waals surface area contributed by atoms with Crippen molar-refractivity contribution in [1.29, 1.82) is 5.26 Å². The molecule has 2 aromatic carbocycles. The van der Waals surface area contributed by atoms with Crippen LogP contribution in [0.4, 0.5) is 0 Å². The van der Waals surface area contributed by atoms with Crippen LogP contribution < -0.4 is 19.9 Å². The zero-order chi connectivity index (χ0) is 25.2. The molecule has 36 heavy (non-hydrogen) atoms. The summed E-state index contributed by atoms with van der Waals surface area (Å²) in [5.74, 6) is -0.0845. The number of nitrogens with zero attached hydrogens (tertiary/aromatic N) is 2. The summed E-state index contributed by atoms with van der Waals surface area (Å²) in [7, 11) is 0. The number of fused-ring (bicyclic) bond motifs is 1. The quantitative estimate of drug-likeness (QED) is 0.274. The molecule has 0 bridgehead atoms. The average Bonchev–Trinajstić information content (AvgIpc) is 3.55. The lowest BCUT2D eigenvalue weighted by Crippen LogP contribution is -2.21. The first-order valence-corrected chi connectivity index (χ1v) is 12.1. The number of aryl methyl sites for hydroxylation is 1. The van der Waals surface area contributed by atoms with Gasteiger partial charge in [0, 0.05) is 5.56 Å². The van der Waals surface area contributed by atoms with E-state index in [2.05, 4.69) is 16.3 Å². The number of rotatable bonds is 6. The number of thiophene rings is 1. The molecule has 3 N–H and O–H groups in total. The van der Waals surface area contributed by atoms with Crippen molar-refractivity contribution in [2.45, 2.75) is 19.8 Å². The number of carbonyl (C=O) groups is 1. The molecule has 0 fully saturated rings. The van der Waals surface area contributed by atoms with Crippen LogP contribution in [0.3, 0.4) is 0 Å². The summed E-state index contributed by atoms with van der Waals surface area (Å²) in [6, 6.07) is 18.9. The second kappa shape index (κ2) is 9.60. The van der Waals surface area contributed by atoms with E-state index < -0.39 is 11.9 Å². The number of aromatic amines is 1. The molecule has 8 nitrogen and oxygen atoms in total. The molecular weight excluding hydrogens is 476 g/mol. The standard InChI is InChI=1S/C27H22N4O4S/c1-3-33-20-13-17(10-11-19(20)34-27(32)21-5-4-12-36-21)22-18(14-28)25(29)35-26-23(22)24(30-31-26)16-8-6-15(2)7-9-16/h4-13,22H,3,29H2,1-2H3,(H,30,31)/t22-/m1/s1. The van der Waals surface area contributed by atoms with Crippen LogP contribution in [0.1, 0.15) is 39.2 Å². The molecule has 0 saturated carbocycles. The molecule has 180 valence electrons. The minimum atomic E-state index is -0.574. The molecule has 1 atom stereocenters. The lowest BCUT2D eigenvalue weighted by molar-refractivity contribution is 0.0733. The highest BCUT2D eigenvalue weighted by molar-refractivity contribution is 7.12. The van der Waals surface area contributed by atoms with E-state index in [1.165, 1.54) is 11.3 Å². The number of H-pyrrole nitrogens is 1. The van der Waals surface area contributed by atoms with Crippen molar-refractivity contribution in [2.75, 3.05) is 6.61 Å². The van der Waals surface area contributed by atoms with Crippen LogP contribution in [0, 0.1) is 18.3 Å². The van der Waals surface area contributed by atoms with E-state index >= 15 is 0 Å². The zero-order valence-corrected chi connectivity index (χ0v) is 20.4. The highest BCUT2D eigenvalue weighted by Crippen LogP contribution is 2.47.